The van der Waals surface area contributed by atoms with Crippen LogP contribution in [-0.2, 0) is 10.0 Å². The van der Waals surface area contributed by atoms with E-state index < -0.39 is 94.7 Å². The topological polar surface area (TPSA) is 66.4 Å². The molecule has 224 valence electrons. The van der Waals surface area contributed by atoms with Crippen LogP contribution in [-0.4, -0.2) is 81.6 Å². The summed E-state index contributed by atoms with van der Waals surface area (Å²) in [4.78, 5) is 0. The van der Waals surface area contributed by atoms with Crippen LogP contribution in [0.5, 0.6) is 0 Å². The van der Waals surface area contributed by atoms with Crippen LogP contribution < -0.4 is 4.72 Å². The zero-order valence-corrected chi connectivity index (χ0v) is 20.4. The molecule has 37 heavy (non-hydrogen) atoms. The zero-order valence-electron chi connectivity index (χ0n) is 19.6. The van der Waals surface area contributed by atoms with Gasteiger partial charge in [0.2, 0.25) is 10.0 Å². The highest BCUT2D eigenvalue weighted by Crippen LogP contribution is 2.53. The Morgan fingerprint density at radius 3 is 1.59 bits per heavy atom. The van der Waals surface area contributed by atoms with Crippen molar-refractivity contribution >= 4 is 10.0 Å². The minimum absolute atomic E-state index is 0.138. The van der Waals surface area contributed by atoms with E-state index in [0.717, 1.165) is 0 Å². The number of alkyl halides is 13. The number of hydrogen-bond donors (Lipinski definition) is 2. The summed E-state index contributed by atoms with van der Waals surface area (Å²) in [6.45, 7) is -0.00853. The van der Waals surface area contributed by atoms with Crippen LogP contribution in [0, 0.1) is 11.8 Å². The lowest BCUT2D eigenvalue weighted by molar-refractivity contribution is -1.07. The Hall–Kier alpha value is -1.08. The van der Waals surface area contributed by atoms with E-state index in [4.69, 9.17) is 0 Å². The van der Waals surface area contributed by atoms with Gasteiger partial charge in [-0.15, -0.1) is 0 Å². The highest BCUT2D eigenvalue weighted by atomic mass is 32.2. The quantitative estimate of drug-likeness (QED) is 0.113. The normalized spacial score (nSPS) is 16.6. The van der Waals surface area contributed by atoms with Crippen molar-refractivity contribution in [2.75, 3.05) is 32.9 Å². The molecule has 0 amide bonds. The first-order valence-electron chi connectivity index (χ1n) is 10.6. The maximum Gasteiger partial charge on any atom is 0.431 e. The number of hydroxylamine groups is 3. The predicted octanol–water partition coefficient (Wildman–Crippen LogP) is 5.90. The predicted molar refractivity (Wildman–Crippen MR) is 103 cm³/mol. The molecule has 0 aliphatic rings. The third-order valence-corrected chi connectivity index (χ3v) is 6.81. The summed E-state index contributed by atoms with van der Waals surface area (Å²) in [5, 5.41) is 9.46. The van der Waals surface area contributed by atoms with Crippen molar-refractivity contribution < 1.29 is 75.3 Å². The van der Waals surface area contributed by atoms with Gasteiger partial charge < -0.3 is 0 Å². The molecule has 0 aromatic heterocycles. The Morgan fingerprint density at radius 2 is 1.22 bits per heavy atom. The van der Waals surface area contributed by atoms with Crippen LogP contribution in [0.2, 0.25) is 0 Å². The number of rotatable bonds is 14. The molecule has 2 unspecified atom stereocenters. The summed E-state index contributed by atoms with van der Waals surface area (Å²) in [5.41, 5.74) is -6.40. The lowest BCUT2D eigenvalue weighted by Gasteiger charge is -2.35. The van der Waals surface area contributed by atoms with E-state index in [9.17, 15) is 70.7 Å². The van der Waals surface area contributed by atoms with Crippen LogP contribution in [0.4, 0.5) is 57.1 Å². The van der Waals surface area contributed by atoms with Gasteiger partial charge in [-0.25, -0.2) is 22.7 Å². The first-order valence-corrected chi connectivity index (χ1v) is 12.3. The average Bonchev–Trinajstić information content (AvgIpc) is 2.62. The summed E-state index contributed by atoms with van der Waals surface area (Å²) in [6, 6.07) is 0. The number of quaternary nitrogens is 1. The van der Waals surface area contributed by atoms with E-state index in [1.807, 2.05) is 0 Å². The van der Waals surface area contributed by atoms with E-state index in [1.54, 1.807) is 0 Å². The fourth-order valence-corrected chi connectivity index (χ4v) is 4.46. The summed E-state index contributed by atoms with van der Waals surface area (Å²) in [7, 11) is -1.24. The Kier molecular flexibility index (Phi) is 12.0. The van der Waals surface area contributed by atoms with Gasteiger partial charge in [-0.05, 0) is 19.3 Å². The van der Waals surface area contributed by atoms with Crippen molar-refractivity contribution in [1.82, 2.24) is 4.72 Å². The van der Waals surface area contributed by atoms with Gasteiger partial charge in [-0.1, -0.05) is 6.42 Å². The molecule has 19 heteroatoms. The molecular weight excluding hydrogens is 571 g/mol. The summed E-state index contributed by atoms with van der Waals surface area (Å²) < 4.78 is 195. The second-order valence-corrected chi connectivity index (χ2v) is 11.0. The molecule has 0 aliphatic heterocycles. The molecule has 0 spiro atoms. The maximum atomic E-state index is 13.8. The monoisotopic (exact) mass is 599 g/mol. The maximum absolute atomic E-state index is 13.8. The van der Waals surface area contributed by atoms with Gasteiger partial charge in [0, 0.05) is 19.4 Å². The van der Waals surface area contributed by atoms with Crippen molar-refractivity contribution in [3.8, 4) is 0 Å². The first-order chi connectivity index (χ1) is 16.1. The van der Waals surface area contributed by atoms with Crippen LogP contribution >= 0.6 is 0 Å². The second-order valence-electron chi connectivity index (χ2n) is 9.12. The minimum Gasteiger partial charge on any atom is -0.224 e. The highest BCUT2D eigenvalue weighted by molar-refractivity contribution is 7.89. The van der Waals surface area contributed by atoms with Crippen molar-refractivity contribution in [3.05, 3.63) is 0 Å². The molecule has 0 saturated heterocycles. The lowest BCUT2D eigenvalue weighted by Crippen LogP contribution is -2.55. The van der Waals surface area contributed by atoms with Crippen LogP contribution in [0.25, 0.3) is 0 Å². The molecule has 0 aliphatic carbocycles. The second kappa shape index (κ2) is 12.4. The van der Waals surface area contributed by atoms with E-state index in [2.05, 4.69) is 4.72 Å². The minimum atomic E-state index is -6.88. The highest BCUT2D eigenvalue weighted by Gasteiger charge is 2.74. The van der Waals surface area contributed by atoms with Crippen LogP contribution in [0.1, 0.15) is 38.5 Å². The summed E-state index contributed by atoms with van der Waals surface area (Å²) in [6.07, 6.45) is -33.3. The number of unbranched alkanes of at least 4 members (excludes halogenated alkanes) is 1. The molecule has 0 aromatic rings. The van der Waals surface area contributed by atoms with Crippen LogP contribution in [0.15, 0.2) is 0 Å². The standard InChI is InChI=1S/C18H28F13N2O3S/c1-33(2,34)8-5-7-32-37(35,36)9-4-3-6-12(15(20,21)22)10-13(16(23,24)25)11-14(19,17(26,27)28)18(29,30)31/h12-13,32,34H,3-11H2,1-2H3/q+1. The number of halogens is 13. The Labute approximate surface area is 204 Å². The van der Waals surface area contributed by atoms with E-state index in [1.165, 1.54) is 14.1 Å². The smallest absolute Gasteiger partial charge is 0.224 e. The van der Waals surface area contributed by atoms with Crippen molar-refractivity contribution in [2.24, 2.45) is 11.8 Å². The Balaban J connectivity index is 5.37. The van der Waals surface area contributed by atoms with Gasteiger partial charge in [0.1, 0.15) is 6.54 Å². The molecule has 0 bridgehead atoms. The molecule has 2 N–H and O–H groups in total. The lowest BCUT2D eigenvalue weighted by atomic mass is 9.82. The molecule has 0 radical (unpaired) electrons. The number of hydrogen-bond acceptors (Lipinski definition) is 3. The fourth-order valence-electron chi connectivity index (χ4n) is 3.27. The Bertz CT molecular complexity index is 786. The third kappa shape index (κ3) is 12.5. The van der Waals surface area contributed by atoms with Crippen molar-refractivity contribution in [3.63, 3.8) is 0 Å². The summed E-state index contributed by atoms with van der Waals surface area (Å²) >= 11 is 0. The third-order valence-electron chi connectivity index (χ3n) is 5.34. The van der Waals surface area contributed by atoms with E-state index in [-0.39, 0.29) is 19.5 Å². The van der Waals surface area contributed by atoms with Gasteiger partial charge in [0.05, 0.1) is 31.7 Å². The van der Waals surface area contributed by atoms with Gasteiger partial charge in [0.15, 0.2) is 0 Å². The SMILES string of the molecule is C[N+](C)(O)CCCNS(=O)(=O)CCCCC(CC(CC(F)(C(F)(F)F)C(F)(F)F)C(F)(F)F)C(F)(F)F. The number of nitrogens with one attached hydrogen (secondary N) is 1. The van der Waals surface area contributed by atoms with E-state index in [0.29, 0.717) is 0 Å². The molecule has 0 saturated carbocycles. The van der Waals surface area contributed by atoms with Gasteiger partial charge in [-0.2, -0.15) is 57.3 Å². The number of sulfonamides is 1. The average molecular weight is 599 g/mol. The molecule has 0 fully saturated rings. The number of nitrogens with zero attached hydrogens (tertiary/aromatic N) is 1. The molecule has 5 nitrogen and oxygen atoms in total. The zero-order chi connectivity index (χ0) is 29.7. The first kappa shape index (κ1) is 35.9. The molecule has 0 aromatic carbocycles. The molecule has 2 atom stereocenters. The van der Waals surface area contributed by atoms with Crippen LogP contribution in [0.3, 0.4) is 0 Å². The van der Waals surface area contributed by atoms with Crippen molar-refractivity contribution in [1.29, 1.82) is 0 Å². The Morgan fingerprint density at radius 1 is 0.757 bits per heavy atom. The largest absolute Gasteiger partial charge is 0.431 e. The van der Waals surface area contributed by atoms with Crippen molar-refractivity contribution in [2.45, 2.75) is 68.9 Å². The van der Waals surface area contributed by atoms with E-state index >= 15 is 0 Å². The fraction of sp³-hybridized carbons (Fsp3) is 1.00. The van der Waals surface area contributed by atoms with Gasteiger partial charge in [0.25, 0.3) is 5.67 Å². The molecule has 0 rings (SSSR count). The summed E-state index contributed by atoms with van der Waals surface area (Å²) in [5.74, 6) is -7.80. The molecular formula is C18H28F13N2O3S+. The van der Waals surface area contributed by atoms with Gasteiger partial charge in [-0.3, -0.25) is 0 Å². The molecule has 0 heterocycles. The van der Waals surface area contributed by atoms with Gasteiger partial charge >= 0.3 is 24.7 Å².